The Kier molecular flexibility index (Phi) is 5.38. The van der Waals surface area contributed by atoms with Crippen molar-refractivity contribution in [1.82, 2.24) is 4.31 Å². The molecule has 1 atom stereocenters. The number of nitrogens with zero attached hydrogens (tertiary/aromatic N) is 1. The third-order valence-corrected chi connectivity index (χ3v) is 6.60. The van der Waals surface area contributed by atoms with Crippen molar-refractivity contribution >= 4 is 10.0 Å². The predicted octanol–water partition coefficient (Wildman–Crippen LogP) is 2.75. The van der Waals surface area contributed by atoms with Gasteiger partial charge in [-0.25, -0.2) is 8.42 Å². The summed E-state index contributed by atoms with van der Waals surface area (Å²) in [5, 5.41) is -0.453. The van der Waals surface area contributed by atoms with Crippen molar-refractivity contribution in [3.63, 3.8) is 0 Å². The molecule has 1 aliphatic heterocycles. The highest BCUT2D eigenvalue weighted by atomic mass is 32.2. The molecule has 2 heterocycles. The lowest BCUT2D eigenvalue weighted by atomic mass is 10.1. The van der Waals surface area contributed by atoms with Gasteiger partial charge in [-0.15, -0.1) is 0 Å². The molecule has 130 valence electrons. The molecule has 1 aliphatic rings. The molecule has 1 fully saturated rings. The molecule has 0 saturated carbocycles. The van der Waals surface area contributed by atoms with Gasteiger partial charge in [0.05, 0.1) is 19.4 Å². The van der Waals surface area contributed by atoms with Crippen LogP contribution in [0.25, 0.3) is 0 Å². The van der Waals surface area contributed by atoms with Crippen LogP contribution in [0.5, 0.6) is 0 Å². The van der Waals surface area contributed by atoms with Crippen LogP contribution >= 0.6 is 0 Å². The first kappa shape index (κ1) is 17.2. The van der Waals surface area contributed by atoms with Crippen molar-refractivity contribution in [1.29, 1.82) is 0 Å². The fourth-order valence-corrected chi connectivity index (χ4v) is 4.58. The first-order valence-corrected chi connectivity index (χ1v) is 9.70. The summed E-state index contributed by atoms with van der Waals surface area (Å²) in [4.78, 5) is 0. The van der Waals surface area contributed by atoms with Gasteiger partial charge >= 0.3 is 0 Å². The number of furan rings is 1. The van der Waals surface area contributed by atoms with E-state index in [0.29, 0.717) is 31.8 Å². The van der Waals surface area contributed by atoms with Gasteiger partial charge in [0.15, 0.2) is 0 Å². The highest BCUT2D eigenvalue weighted by molar-refractivity contribution is 7.89. The second-order valence-corrected chi connectivity index (χ2v) is 8.39. The van der Waals surface area contributed by atoms with Crippen LogP contribution in [0.3, 0.4) is 0 Å². The van der Waals surface area contributed by atoms with Crippen molar-refractivity contribution in [2.24, 2.45) is 0 Å². The van der Waals surface area contributed by atoms with Crippen LogP contribution in [0.15, 0.2) is 47.1 Å². The van der Waals surface area contributed by atoms with Gasteiger partial charge in [-0.2, -0.15) is 4.31 Å². The SMILES string of the molecule is Cc1ccc(CCN(Cc2ccco2)S(=O)(=O)[C@@H]2CCOC2)cc1. The summed E-state index contributed by atoms with van der Waals surface area (Å²) in [6.07, 6.45) is 2.80. The fourth-order valence-electron chi connectivity index (χ4n) is 2.84. The molecule has 3 rings (SSSR count). The Labute approximate surface area is 143 Å². The van der Waals surface area contributed by atoms with Crippen molar-refractivity contribution in [3.8, 4) is 0 Å². The van der Waals surface area contributed by atoms with E-state index in [2.05, 4.69) is 0 Å². The highest BCUT2D eigenvalue weighted by Crippen LogP contribution is 2.21. The largest absolute Gasteiger partial charge is 0.468 e. The molecule has 0 aliphatic carbocycles. The summed E-state index contributed by atoms with van der Waals surface area (Å²) in [6, 6.07) is 11.8. The molecule has 0 spiro atoms. The van der Waals surface area contributed by atoms with Crippen molar-refractivity contribution in [2.45, 2.75) is 31.6 Å². The lowest BCUT2D eigenvalue weighted by Gasteiger charge is -2.24. The summed E-state index contributed by atoms with van der Waals surface area (Å²) in [7, 11) is -3.41. The molecule has 6 heteroatoms. The molecule has 0 amide bonds. The Morgan fingerprint density at radius 2 is 2.00 bits per heavy atom. The Morgan fingerprint density at radius 3 is 2.62 bits per heavy atom. The Balaban J connectivity index is 1.75. The third kappa shape index (κ3) is 4.06. The second kappa shape index (κ2) is 7.51. The maximum atomic E-state index is 12.9. The number of hydrogen-bond acceptors (Lipinski definition) is 4. The molecule has 24 heavy (non-hydrogen) atoms. The summed E-state index contributed by atoms with van der Waals surface area (Å²) >= 11 is 0. The normalized spacial score (nSPS) is 18.3. The zero-order valence-corrected chi connectivity index (χ0v) is 14.7. The summed E-state index contributed by atoms with van der Waals surface area (Å²) < 4.78 is 38.0. The summed E-state index contributed by atoms with van der Waals surface area (Å²) in [5.41, 5.74) is 2.32. The fraction of sp³-hybridized carbons (Fsp3) is 0.444. The van der Waals surface area contributed by atoms with Crippen LogP contribution in [-0.2, 0) is 27.7 Å². The van der Waals surface area contributed by atoms with E-state index in [-0.39, 0.29) is 13.2 Å². The van der Waals surface area contributed by atoms with Crippen molar-refractivity contribution < 1.29 is 17.6 Å². The lowest BCUT2D eigenvalue weighted by Crippen LogP contribution is -2.39. The average Bonchev–Trinajstić information content (AvgIpc) is 3.26. The maximum Gasteiger partial charge on any atom is 0.219 e. The number of benzene rings is 1. The topological polar surface area (TPSA) is 59.8 Å². The molecule has 0 radical (unpaired) electrons. The van der Waals surface area contributed by atoms with E-state index in [4.69, 9.17) is 9.15 Å². The molecule has 5 nitrogen and oxygen atoms in total. The minimum absolute atomic E-state index is 0.262. The van der Waals surface area contributed by atoms with Crippen LogP contribution in [0.1, 0.15) is 23.3 Å². The Hall–Kier alpha value is -1.63. The van der Waals surface area contributed by atoms with Gasteiger partial charge in [0, 0.05) is 13.2 Å². The van der Waals surface area contributed by atoms with Gasteiger partial charge in [0.1, 0.15) is 11.0 Å². The number of hydrogen-bond donors (Lipinski definition) is 0. The molecule has 0 N–H and O–H groups in total. The average molecular weight is 349 g/mol. The van der Waals surface area contributed by atoms with E-state index in [0.717, 1.165) is 5.56 Å². The summed E-state index contributed by atoms with van der Waals surface area (Å²) in [6.45, 7) is 3.52. The van der Waals surface area contributed by atoms with Gasteiger partial charge in [-0.05, 0) is 37.5 Å². The number of ether oxygens (including phenoxy) is 1. The maximum absolute atomic E-state index is 12.9. The molecular formula is C18H23NO4S. The quantitative estimate of drug-likeness (QED) is 0.771. The van der Waals surface area contributed by atoms with Gasteiger partial charge in [0.25, 0.3) is 0 Å². The number of rotatable bonds is 7. The first-order valence-electron chi connectivity index (χ1n) is 8.20. The first-order chi connectivity index (χ1) is 11.6. The monoisotopic (exact) mass is 349 g/mol. The molecule has 1 saturated heterocycles. The Bertz CT molecular complexity index is 732. The van der Waals surface area contributed by atoms with E-state index in [9.17, 15) is 8.42 Å². The predicted molar refractivity (Wildman–Crippen MR) is 92.1 cm³/mol. The zero-order valence-electron chi connectivity index (χ0n) is 13.8. The minimum Gasteiger partial charge on any atom is -0.468 e. The van der Waals surface area contributed by atoms with Crippen LogP contribution in [0.4, 0.5) is 0 Å². The smallest absolute Gasteiger partial charge is 0.219 e. The van der Waals surface area contributed by atoms with Gasteiger partial charge < -0.3 is 9.15 Å². The van der Waals surface area contributed by atoms with Crippen molar-refractivity contribution in [3.05, 3.63) is 59.5 Å². The number of aryl methyl sites for hydroxylation is 1. The van der Waals surface area contributed by atoms with Gasteiger partial charge in [0.2, 0.25) is 10.0 Å². The molecule has 2 aromatic rings. The van der Waals surface area contributed by atoms with Crippen LogP contribution in [0.2, 0.25) is 0 Å². The minimum atomic E-state index is -3.41. The molecule has 1 aromatic carbocycles. The Morgan fingerprint density at radius 1 is 1.21 bits per heavy atom. The molecule has 0 unspecified atom stereocenters. The molecule has 0 bridgehead atoms. The standard InChI is InChI=1S/C18H23NO4S/c1-15-4-6-16(7-5-15)8-10-19(13-17-3-2-11-23-17)24(20,21)18-9-12-22-14-18/h2-7,11,18H,8-10,12-14H2,1H3/t18-/m1/s1. The molecular weight excluding hydrogens is 326 g/mol. The van der Waals surface area contributed by atoms with E-state index < -0.39 is 15.3 Å². The van der Waals surface area contributed by atoms with E-state index in [1.54, 1.807) is 18.4 Å². The summed E-state index contributed by atoms with van der Waals surface area (Å²) in [5.74, 6) is 0.654. The van der Waals surface area contributed by atoms with Crippen LogP contribution in [0, 0.1) is 6.92 Å². The highest BCUT2D eigenvalue weighted by Gasteiger charge is 2.35. The van der Waals surface area contributed by atoms with E-state index >= 15 is 0 Å². The lowest BCUT2D eigenvalue weighted by molar-refractivity contribution is 0.197. The van der Waals surface area contributed by atoms with Crippen LogP contribution < -0.4 is 0 Å². The van der Waals surface area contributed by atoms with Gasteiger partial charge in [-0.1, -0.05) is 29.8 Å². The van der Waals surface area contributed by atoms with Crippen molar-refractivity contribution in [2.75, 3.05) is 19.8 Å². The van der Waals surface area contributed by atoms with Gasteiger partial charge in [-0.3, -0.25) is 0 Å². The van der Waals surface area contributed by atoms with E-state index in [1.165, 1.54) is 9.87 Å². The third-order valence-electron chi connectivity index (χ3n) is 4.35. The second-order valence-electron chi connectivity index (χ2n) is 6.18. The van der Waals surface area contributed by atoms with Crippen LogP contribution in [-0.4, -0.2) is 37.7 Å². The number of sulfonamides is 1. The zero-order chi connectivity index (χ0) is 17.0. The molecule has 1 aromatic heterocycles. The van der Waals surface area contributed by atoms with E-state index in [1.807, 2.05) is 31.2 Å².